The van der Waals surface area contributed by atoms with Crippen molar-refractivity contribution in [1.29, 1.82) is 0 Å². The van der Waals surface area contributed by atoms with Crippen LogP contribution in [-0.4, -0.2) is 35.1 Å². The van der Waals surface area contributed by atoms with Gasteiger partial charge in [0.15, 0.2) is 17.2 Å². The van der Waals surface area contributed by atoms with E-state index in [-0.39, 0.29) is 23.4 Å². The van der Waals surface area contributed by atoms with Gasteiger partial charge in [-0.2, -0.15) is 0 Å². The summed E-state index contributed by atoms with van der Waals surface area (Å²) in [6.45, 7) is 2.76. The Morgan fingerprint density at radius 3 is 2.75 bits per heavy atom. The first-order chi connectivity index (χ1) is 9.58. The lowest BCUT2D eigenvalue weighted by Crippen LogP contribution is -2.40. The van der Waals surface area contributed by atoms with Gasteiger partial charge >= 0.3 is 0 Å². The standard InChI is InChI=1S/C15H16FNO3/c1-9-11-3-2-4-12(16)14(11)20-13(9)15(19)17-7-5-10(18)6-8-17/h2-4,10,18H,5-8H2,1H3. The number of piperidine rings is 1. The first-order valence-electron chi connectivity index (χ1n) is 6.73. The van der Waals surface area contributed by atoms with Crippen LogP contribution >= 0.6 is 0 Å². The number of aliphatic hydroxyl groups is 1. The van der Waals surface area contributed by atoms with E-state index < -0.39 is 5.82 Å². The van der Waals surface area contributed by atoms with Gasteiger partial charge in [0.05, 0.1) is 6.10 Å². The lowest BCUT2D eigenvalue weighted by Gasteiger charge is -2.29. The zero-order chi connectivity index (χ0) is 14.3. The van der Waals surface area contributed by atoms with Crippen molar-refractivity contribution < 1.29 is 18.7 Å². The monoisotopic (exact) mass is 277 g/mol. The molecule has 0 atom stereocenters. The molecule has 1 aromatic carbocycles. The number of amides is 1. The van der Waals surface area contributed by atoms with E-state index in [4.69, 9.17) is 4.42 Å². The lowest BCUT2D eigenvalue weighted by atomic mass is 10.1. The van der Waals surface area contributed by atoms with E-state index in [1.807, 2.05) is 0 Å². The Morgan fingerprint density at radius 1 is 1.40 bits per heavy atom. The largest absolute Gasteiger partial charge is 0.448 e. The molecule has 2 heterocycles. The van der Waals surface area contributed by atoms with Crippen molar-refractivity contribution in [1.82, 2.24) is 4.90 Å². The number of hydrogen-bond acceptors (Lipinski definition) is 3. The molecule has 0 unspecified atom stereocenters. The van der Waals surface area contributed by atoms with Crippen LogP contribution in [0, 0.1) is 12.7 Å². The number of hydrogen-bond donors (Lipinski definition) is 1. The molecule has 1 fully saturated rings. The fourth-order valence-electron chi connectivity index (χ4n) is 2.63. The highest BCUT2D eigenvalue weighted by Crippen LogP contribution is 2.28. The molecule has 0 radical (unpaired) electrons. The van der Waals surface area contributed by atoms with Gasteiger partial charge in [0.1, 0.15) is 0 Å². The van der Waals surface area contributed by atoms with Crippen molar-refractivity contribution >= 4 is 16.9 Å². The van der Waals surface area contributed by atoms with Crippen molar-refractivity contribution in [2.75, 3.05) is 13.1 Å². The maximum absolute atomic E-state index is 13.7. The number of rotatable bonds is 1. The fraction of sp³-hybridized carbons (Fsp3) is 0.400. The van der Waals surface area contributed by atoms with E-state index in [0.29, 0.717) is 36.9 Å². The minimum Gasteiger partial charge on any atom is -0.448 e. The molecule has 2 aromatic rings. The number of aryl methyl sites for hydroxylation is 1. The number of halogens is 1. The minimum atomic E-state index is -0.460. The summed E-state index contributed by atoms with van der Waals surface area (Å²) in [6, 6.07) is 4.66. The summed E-state index contributed by atoms with van der Waals surface area (Å²) in [5.41, 5.74) is 0.793. The normalized spacial score (nSPS) is 16.9. The molecule has 1 aliphatic rings. The maximum Gasteiger partial charge on any atom is 0.289 e. The third kappa shape index (κ3) is 2.08. The number of carbonyl (C=O) groups is 1. The number of aliphatic hydroxyl groups excluding tert-OH is 1. The molecule has 1 N–H and O–H groups in total. The molecule has 20 heavy (non-hydrogen) atoms. The van der Waals surface area contributed by atoms with Crippen LogP contribution in [-0.2, 0) is 0 Å². The van der Waals surface area contributed by atoms with Gasteiger partial charge in [-0.25, -0.2) is 4.39 Å². The summed E-state index contributed by atoms with van der Waals surface area (Å²) in [5, 5.41) is 10.1. The minimum absolute atomic E-state index is 0.130. The number of fused-ring (bicyclic) bond motifs is 1. The molecule has 0 aliphatic carbocycles. The number of likely N-dealkylation sites (tertiary alicyclic amines) is 1. The lowest BCUT2D eigenvalue weighted by molar-refractivity contribution is 0.0521. The van der Waals surface area contributed by atoms with E-state index in [1.54, 1.807) is 24.0 Å². The van der Waals surface area contributed by atoms with Crippen molar-refractivity contribution in [2.24, 2.45) is 0 Å². The Kier molecular flexibility index (Phi) is 3.22. The van der Waals surface area contributed by atoms with E-state index in [0.717, 1.165) is 0 Å². The zero-order valence-electron chi connectivity index (χ0n) is 11.2. The predicted molar refractivity (Wildman–Crippen MR) is 72.1 cm³/mol. The van der Waals surface area contributed by atoms with Crippen molar-refractivity contribution in [3.05, 3.63) is 35.3 Å². The van der Waals surface area contributed by atoms with Crippen molar-refractivity contribution in [2.45, 2.75) is 25.9 Å². The second-order valence-electron chi connectivity index (χ2n) is 5.20. The van der Waals surface area contributed by atoms with Gasteiger partial charge in [-0.3, -0.25) is 4.79 Å². The highest BCUT2D eigenvalue weighted by molar-refractivity contribution is 5.99. The molecule has 5 heteroatoms. The zero-order valence-corrected chi connectivity index (χ0v) is 11.2. The van der Waals surface area contributed by atoms with Gasteiger partial charge in [0.25, 0.3) is 5.91 Å². The summed E-state index contributed by atoms with van der Waals surface area (Å²) < 4.78 is 19.1. The molecule has 1 amide bonds. The summed E-state index contributed by atoms with van der Waals surface area (Å²) in [4.78, 5) is 14.1. The number of carbonyl (C=O) groups excluding carboxylic acids is 1. The van der Waals surface area contributed by atoms with Crippen LogP contribution in [0.15, 0.2) is 22.6 Å². The SMILES string of the molecule is Cc1c(C(=O)N2CCC(O)CC2)oc2c(F)cccc12. The molecule has 0 bridgehead atoms. The first kappa shape index (κ1) is 13.1. The van der Waals surface area contributed by atoms with Gasteiger partial charge < -0.3 is 14.4 Å². The van der Waals surface area contributed by atoms with Crippen molar-refractivity contribution in [3.8, 4) is 0 Å². The van der Waals surface area contributed by atoms with Gasteiger partial charge in [-0.05, 0) is 25.8 Å². The van der Waals surface area contributed by atoms with Gasteiger partial charge in [-0.1, -0.05) is 12.1 Å². The molecule has 0 spiro atoms. The average molecular weight is 277 g/mol. The summed E-state index contributed by atoms with van der Waals surface area (Å²) in [6.07, 6.45) is 0.798. The highest BCUT2D eigenvalue weighted by atomic mass is 19.1. The summed E-state index contributed by atoms with van der Waals surface area (Å²) in [7, 11) is 0. The van der Waals surface area contributed by atoms with Crippen LogP contribution in [0.5, 0.6) is 0 Å². The fourth-order valence-corrected chi connectivity index (χ4v) is 2.63. The average Bonchev–Trinajstić information content (AvgIpc) is 2.78. The Labute approximate surface area is 115 Å². The number of para-hydroxylation sites is 1. The van der Waals surface area contributed by atoms with Crippen LogP contribution in [0.25, 0.3) is 11.0 Å². The summed E-state index contributed by atoms with van der Waals surface area (Å²) in [5.74, 6) is -0.495. The maximum atomic E-state index is 13.7. The van der Waals surface area contributed by atoms with Crippen molar-refractivity contribution in [3.63, 3.8) is 0 Å². The predicted octanol–water partition coefficient (Wildman–Crippen LogP) is 2.48. The number of benzene rings is 1. The third-order valence-corrected chi connectivity index (χ3v) is 3.86. The second kappa shape index (κ2) is 4.90. The van der Waals surface area contributed by atoms with Gasteiger partial charge in [0.2, 0.25) is 0 Å². The quantitative estimate of drug-likeness (QED) is 0.871. The molecule has 1 aromatic heterocycles. The molecule has 1 saturated heterocycles. The van der Waals surface area contributed by atoms with E-state index in [1.165, 1.54) is 6.07 Å². The molecular formula is C15H16FNO3. The molecule has 0 saturated carbocycles. The van der Waals surface area contributed by atoms with E-state index >= 15 is 0 Å². The molecule has 106 valence electrons. The van der Waals surface area contributed by atoms with Crippen LogP contribution in [0.3, 0.4) is 0 Å². The molecular weight excluding hydrogens is 261 g/mol. The second-order valence-corrected chi connectivity index (χ2v) is 5.20. The van der Waals surface area contributed by atoms with Gasteiger partial charge in [-0.15, -0.1) is 0 Å². The van der Waals surface area contributed by atoms with E-state index in [9.17, 15) is 14.3 Å². The molecule has 1 aliphatic heterocycles. The van der Waals surface area contributed by atoms with E-state index in [2.05, 4.69) is 0 Å². The van der Waals surface area contributed by atoms with Crippen LogP contribution in [0.1, 0.15) is 29.0 Å². The number of nitrogens with zero attached hydrogens (tertiary/aromatic N) is 1. The Balaban J connectivity index is 1.96. The van der Waals surface area contributed by atoms with Crippen LogP contribution < -0.4 is 0 Å². The molecule has 3 rings (SSSR count). The Hall–Kier alpha value is -1.88. The Bertz CT molecular complexity index is 656. The highest BCUT2D eigenvalue weighted by Gasteiger charge is 2.27. The third-order valence-electron chi connectivity index (χ3n) is 3.86. The van der Waals surface area contributed by atoms with Crippen LogP contribution in [0.4, 0.5) is 4.39 Å². The van der Waals surface area contributed by atoms with Gasteiger partial charge in [0, 0.05) is 24.0 Å². The number of furan rings is 1. The summed E-state index contributed by atoms with van der Waals surface area (Å²) >= 11 is 0. The van der Waals surface area contributed by atoms with Crippen LogP contribution in [0.2, 0.25) is 0 Å². The first-order valence-corrected chi connectivity index (χ1v) is 6.73. The molecule has 4 nitrogen and oxygen atoms in total. The topological polar surface area (TPSA) is 53.7 Å². The Morgan fingerprint density at radius 2 is 2.10 bits per heavy atom. The smallest absolute Gasteiger partial charge is 0.289 e.